The molecule has 0 aliphatic rings. The second-order valence-electron chi connectivity index (χ2n) is 8.17. The second-order valence-corrected chi connectivity index (χ2v) is 8.17. The fourth-order valence-electron chi connectivity index (χ4n) is 3.50. The van der Waals surface area contributed by atoms with Crippen LogP contribution in [0.3, 0.4) is 0 Å². The summed E-state index contributed by atoms with van der Waals surface area (Å²) in [5.74, 6) is -1.57. The summed E-state index contributed by atoms with van der Waals surface area (Å²) in [6.07, 6.45) is 20.0. The summed E-state index contributed by atoms with van der Waals surface area (Å²) < 4.78 is 0. The number of amides is 1. The van der Waals surface area contributed by atoms with Crippen LogP contribution in [0.1, 0.15) is 107 Å². The Morgan fingerprint density at radius 1 is 0.938 bits per heavy atom. The van der Waals surface area contributed by atoms with Gasteiger partial charge in [0, 0.05) is 18.6 Å². The van der Waals surface area contributed by atoms with Crippen LogP contribution in [0.2, 0.25) is 0 Å². The van der Waals surface area contributed by atoms with E-state index in [0.717, 1.165) is 50.3 Å². The highest BCUT2D eigenvalue weighted by Gasteiger charge is 2.17. The van der Waals surface area contributed by atoms with Gasteiger partial charge in [0.05, 0.1) is 16.2 Å². The van der Waals surface area contributed by atoms with Gasteiger partial charge >= 0.3 is 5.97 Å². The first kappa shape index (κ1) is 27.3. The molecule has 7 heteroatoms. The number of nitrogens with zero attached hydrogens (tertiary/aromatic N) is 1. The molecule has 1 rings (SSSR count). The number of unbranched alkanes of at least 4 members (excludes halogenated alkanes) is 11. The van der Waals surface area contributed by atoms with Crippen molar-refractivity contribution in [3.05, 3.63) is 46.0 Å². The predicted octanol–water partition coefficient (Wildman–Crippen LogP) is 7.27. The Labute approximate surface area is 191 Å². The van der Waals surface area contributed by atoms with Crippen molar-refractivity contribution < 1.29 is 19.6 Å². The molecule has 0 radical (unpaired) electrons. The average Bonchev–Trinajstić information content (AvgIpc) is 2.76. The number of rotatable bonds is 18. The summed E-state index contributed by atoms with van der Waals surface area (Å²) in [7, 11) is 0. The van der Waals surface area contributed by atoms with Gasteiger partial charge in [0.25, 0.3) is 5.69 Å². The van der Waals surface area contributed by atoms with Crippen molar-refractivity contribution in [2.24, 2.45) is 0 Å². The average molecular weight is 447 g/mol. The van der Waals surface area contributed by atoms with E-state index in [1.54, 1.807) is 0 Å². The molecule has 0 aliphatic carbocycles. The van der Waals surface area contributed by atoms with E-state index in [4.69, 9.17) is 0 Å². The van der Waals surface area contributed by atoms with Crippen LogP contribution in [0.25, 0.3) is 0 Å². The van der Waals surface area contributed by atoms with E-state index in [-0.39, 0.29) is 29.3 Å². The number of nitrogens with one attached hydrogen (secondary N) is 1. The highest BCUT2D eigenvalue weighted by Crippen LogP contribution is 2.23. The molecule has 0 unspecified atom stereocenters. The lowest BCUT2D eigenvalue weighted by molar-refractivity contribution is -0.384. The van der Waals surface area contributed by atoms with Gasteiger partial charge in [-0.25, -0.2) is 4.79 Å². The first-order valence-electron chi connectivity index (χ1n) is 11.9. The minimum Gasteiger partial charge on any atom is -0.478 e. The maximum atomic E-state index is 12.1. The number of nitro groups is 1. The van der Waals surface area contributed by atoms with Crippen LogP contribution in [0.5, 0.6) is 0 Å². The van der Waals surface area contributed by atoms with Crippen molar-refractivity contribution >= 4 is 23.3 Å². The van der Waals surface area contributed by atoms with E-state index in [1.807, 2.05) is 0 Å². The fraction of sp³-hybridized carbons (Fsp3) is 0.600. The van der Waals surface area contributed by atoms with E-state index in [9.17, 15) is 24.8 Å². The molecule has 0 aromatic heterocycles. The molecule has 1 aromatic rings. The topological polar surface area (TPSA) is 110 Å². The van der Waals surface area contributed by atoms with Gasteiger partial charge in [-0.3, -0.25) is 14.9 Å². The molecular weight excluding hydrogens is 408 g/mol. The summed E-state index contributed by atoms with van der Waals surface area (Å²) in [6.45, 7) is 2.24. The molecule has 7 nitrogen and oxygen atoms in total. The molecule has 0 fully saturated rings. The van der Waals surface area contributed by atoms with Crippen LogP contribution in [-0.4, -0.2) is 21.9 Å². The van der Waals surface area contributed by atoms with Gasteiger partial charge in [-0.2, -0.15) is 0 Å². The smallest absolute Gasteiger partial charge is 0.337 e. The van der Waals surface area contributed by atoms with Gasteiger partial charge in [-0.1, -0.05) is 70.4 Å². The number of hydrogen-bond acceptors (Lipinski definition) is 4. The van der Waals surface area contributed by atoms with E-state index >= 15 is 0 Å². The summed E-state index contributed by atoms with van der Waals surface area (Å²) in [6, 6.07) is 3.34. The lowest BCUT2D eigenvalue weighted by Gasteiger charge is -2.08. The zero-order chi connectivity index (χ0) is 23.6. The Morgan fingerprint density at radius 2 is 1.50 bits per heavy atom. The highest BCUT2D eigenvalue weighted by atomic mass is 16.6. The van der Waals surface area contributed by atoms with E-state index < -0.39 is 10.9 Å². The maximum absolute atomic E-state index is 12.1. The van der Waals surface area contributed by atoms with Crippen LogP contribution >= 0.6 is 0 Å². The Bertz CT molecular complexity index is 746. The Hall–Kier alpha value is -2.70. The minimum atomic E-state index is -1.24. The summed E-state index contributed by atoms with van der Waals surface area (Å²) in [5, 5.41) is 22.6. The van der Waals surface area contributed by atoms with Gasteiger partial charge in [0.1, 0.15) is 0 Å². The number of aromatic carboxylic acids is 1. The van der Waals surface area contributed by atoms with Crippen molar-refractivity contribution in [1.82, 2.24) is 0 Å². The maximum Gasteiger partial charge on any atom is 0.337 e. The van der Waals surface area contributed by atoms with E-state index in [2.05, 4.69) is 24.4 Å². The van der Waals surface area contributed by atoms with Crippen molar-refractivity contribution in [2.45, 2.75) is 96.8 Å². The fourth-order valence-corrected chi connectivity index (χ4v) is 3.50. The molecule has 178 valence electrons. The molecule has 0 spiro atoms. The number of carbonyl (C=O) groups excluding carboxylic acids is 1. The summed E-state index contributed by atoms with van der Waals surface area (Å²) >= 11 is 0. The first-order chi connectivity index (χ1) is 15.5. The number of carbonyl (C=O) groups is 2. The third-order valence-electron chi connectivity index (χ3n) is 5.38. The highest BCUT2D eigenvalue weighted by molar-refractivity contribution is 6.01. The van der Waals surface area contributed by atoms with Crippen LogP contribution < -0.4 is 5.32 Å². The normalized spacial score (nSPS) is 11.0. The van der Waals surface area contributed by atoms with Gasteiger partial charge in [-0.05, 0) is 38.2 Å². The van der Waals surface area contributed by atoms with Gasteiger partial charge < -0.3 is 10.4 Å². The van der Waals surface area contributed by atoms with E-state index in [0.29, 0.717) is 6.42 Å². The van der Waals surface area contributed by atoms with Crippen LogP contribution in [0, 0.1) is 10.1 Å². The summed E-state index contributed by atoms with van der Waals surface area (Å²) in [4.78, 5) is 33.7. The minimum absolute atomic E-state index is 0.0375. The molecule has 0 aliphatic heterocycles. The van der Waals surface area contributed by atoms with E-state index in [1.165, 1.54) is 44.9 Å². The number of carboxylic acids is 1. The molecule has 2 N–H and O–H groups in total. The van der Waals surface area contributed by atoms with Crippen molar-refractivity contribution in [3.63, 3.8) is 0 Å². The Balaban J connectivity index is 2.13. The monoisotopic (exact) mass is 446 g/mol. The molecule has 0 saturated carbocycles. The Morgan fingerprint density at radius 3 is 2.06 bits per heavy atom. The quantitative estimate of drug-likeness (QED) is 0.107. The first-order valence-corrected chi connectivity index (χ1v) is 11.9. The third-order valence-corrected chi connectivity index (χ3v) is 5.38. The van der Waals surface area contributed by atoms with Crippen molar-refractivity contribution in [2.75, 3.05) is 5.32 Å². The zero-order valence-corrected chi connectivity index (χ0v) is 19.3. The molecule has 0 heterocycles. The van der Waals surface area contributed by atoms with Crippen LogP contribution in [-0.2, 0) is 4.79 Å². The number of hydrogen-bond donors (Lipinski definition) is 2. The zero-order valence-electron chi connectivity index (χ0n) is 19.3. The standard InChI is InChI=1S/C25H38N2O5/c1-2-3-4-5-6-7-8-9-10-11-12-13-14-15-16-17-24(28)26-23-20-21(27(31)32)18-19-22(23)25(29)30/h9-10,18-20H,2-8,11-17H2,1H3,(H,26,28)(H,29,30)/b10-9-. The molecule has 1 amide bonds. The number of non-ortho nitro benzene ring substituents is 1. The lowest BCUT2D eigenvalue weighted by atomic mass is 10.1. The van der Waals surface area contributed by atoms with Crippen molar-refractivity contribution in [1.29, 1.82) is 0 Å². The Kier molecular flexibility index (Phi) is 14.5. The predicted molar refractivity (Wildman–Crippen MR) is 128 cm³/mol. The summed E-state index contributed by atoms with van der Waals surface area (Å²) in [5.41, 5.74) is -0.454. The van der Waals surface area contributed by atoms with Gasteiger partial charge in [0.2, 0.25) is 5.91 Å². The largest absolute Gasteiger partial charge is 0.478 e. The van der Waals surface area contributed by atoms with Gasteiger partial charge in [-0.15, -0.1) is 0 Å². The number of anilines is 1. The lowest BCUT2D eigenvalue weighted by Crippen LogP contribution is -2.14. The second kappa shape index (κ2) is 16.9. The molecule has 0 atom stereocenters. The molecule has 0 saturated heterocycles. The number of benzene rings is 1. The number of carboxylic acid groups (broad SMARTS) is 1. The molecule has 32 heavy (non-hydrogen) atoms. The van der Waals surface area contributed by atoms with Crippen molar-refractivity contribution in [3.8, 4) is 0 Å². The number of allylic oxidation sites excluding steroid dienone is 2. The van der Waals surface area contributed by atoms with Crippen LogP contribution in [0.4, 0.5) is 11.4 Å². The third kappa shape index (κ3) is 12.2. The van der Waals surface area contributed by atoms with Gasteiger partial charge in [0.15, 0.2) is 0 Å². The molecule has 1 aromatic carbocycles. The molecule has 0 bridgehead atoms. The van der Waals surface area contributed by atoms with Crippen LogP contribution in [0.15, 0.2) is 30.4 Å². The number of nitro benzene ring substituents is 1. The molecular formula is C25H38N2O5. The SMILES string of the molecule is CCCCCCCC/C=C\CCCCCCCC(=O)Nc1cc([N+](=O)[O-])ccc1C(=O)O.